The standard InChI is InChI=1S/2C18H15P.C15H14.ClH.Ru/c2*1-4-10-16(11-5-1)19(17-12-6-2-7-13-17)18-14-8-3-9-15-18;1-2-6-12(7-3-1)15-11-10-13-8-4-5-9-14(13)15;;/h2*1-15H;1-9,15H,10-11H2;1H;/q;;;;+1/p-1/t;;15-;;/m..0../s1. The topological polar surface area (TPSA) is 0 Å². The van der Waals surface area contributed by atoms with E-state index in [1.54, 1.807) is 0 Å². The van der Waals surface area contributed by atoms with Crippen LogP contribution in [-0.4, -0.2) is 0 Å². The molecule has 0 nitrogen and oxygen atoms in total. The molecule has 0 fully saturated rings. The van der Waals surface area contributed by atoms with Crippen LogP contribution >= 0.6 is 25.5 Å². The van der Waals surface area contributed by atoms with Crippen LogP contribution in [-0.2, 0) is 23.7 Å². The van der Waals surface area contributed by atoms with Gasteiger partial charge in [-0.15, -0.1) is 0 Å². The van der Waals surface area contributed by atoms with Crippen molar-refractivity contribution in [3.63, 3.8) is 0 Å². The van der Waals surface area contributed by atoms with Gasteiger partial charge in [-0.1, -0.05) is 237 Å². The monoisotopic (exact) mass is 855 g/mol. The third-order valence-electron chi connectivity index (χ3n) is 9.42. The van der Waals surface area contributed by atoms with Gasteiger partial charge in [0.15, 0.2) is 0 Å². The van der Waals surface area contributed by atoms with E-state index in [-0.39, 0.29) is 0 Å². The zero-order chi connectivity index (χ0) is 37.9. The molecule has 9 rings (SSSR count). The van der Waals surface area contributed by atoms with Gasteiger partial charge in [0.1, 0.15) is 0 Å². The summed E-state index contributed by atoms with van der Waals surface area (Å²) in [5.74, 6) is 0.627. The average Bonchev–Trinajstić information content (AvgIpc) is 3.72. The summed E-state index contributed by atoms with van der Waals surface area (Å²) < 4.78 is 0. The van der Waals surface area contributed by atoms with Crippen LogP contribution in [0.4, 0.5) is 0 Å². The number of benzene rings is 8. The van der Waals surface area contributed by atoms with E-state index in [0.29, 0.717) is 5.92 Å². The van der Waals surface area contributed by atoms with Crippen molar-refractivity contribution in [3.8, 4) is 0 Å². The molecule has 8 aromatic rings. The summed E-state index contributed by atoms with van der Waals surface area (Å²) in [4.78, 5) is 0. The molecule has 0 amide bonds. The van der Waals surface area contributed by atoms with Crippen molar-refractivity contribution in [2.24, 2.45) is 0 Å². The Bertz CT molecular complexity index is 1920. The minimum Gasteiger partial charge on any atom is -0.0622 e. The second kappa shape index (κ2) is 22.2. The minimum atomic E-state index is -0.446. The predicted octanol–water partition coefficient (Wildman–Crippen LogP) is 11.3. The molecular formula is C51H44ClP2Ru. The molecule has 0 aromatic heterocycles. The van der Waals surface area contributed by atoms with Gasteiger partial charge in [-0.05, 0) is 77.2 Å². The van der Waals surface area contributed by atoms with Crippen molar-refractivity contribution in [3.05, 3.63) is 253 Å². The summed E-state index contributed by atoms with van der Waals surface area (Å²) in [5.41, 5.74) is 4.53. The van der Waals surface area contributed by atoms with Crippen molar-refractivity contribution < 1.29 is 17.3 Å². The van der Waals surface area contributed by atoms with E-state index in [1.165, 1.54) is 61.4 Å². The minimum absolute atomic E-state index is 0.446. The summed E-state index contributed by atoms with van der Waals surface area (Å²) in [6.07, 6.45) is 2.50. The van der Waals surface area contributed by atoms with Gasteiger partial charge in [0.25, 0.3) is 0 Å². The first kappa shape index (κ1) is 40.2. The molecule has 1 aliphatic carbocycles. The van der Waals surface area contributed by atoms with Crippen LogP contribution in [0.2, 0.25) is 0 Å². The smallest absolute Gasteiger partial charge is 0.00952 e. The number of hydrogen-bond donors (Lipinski definition) is 0. The van der Waals surface area contributed by atoms with Gasteiger partial charge < -0.3 is 0 Å². The third-order valence-corrected chi connectivity index (χ3v) is 14.3. The second-order valence-corrected chi connectivity index (χ2v) is 17.3. The zero-order valence-corrected chi connectivity index (χ0v) is 34.9. The number of aryl methyl sites for hydroxylation is 1. The first-order valence-electron chi connectivity index (χ1n) is 18.5. The number of fused-ring (bicyclic) bond motifs is 1. The van der Waals surface area contributed by atoms with Crippen LogP contribution in [0.15, 0.2) is 237 Å². The van der Waals surface area contributed by atoms with E-state index in [4.69, 9.17) is 0 Å². The van der Waals surface area contributed by atoms with Crippen molar-refractivity contribution >= 4 is 57.4 Å². The van der Waals surface area contributed by atoms with E-state index < -0.39 is 15.8 Å². The third kappa shape index (κ3) is 11.3. The maximum atomic E-state index is 4.57. The Morgan fingerprint density at radius 1 is 0.327 bits per heavy atom. The average molecular weight is 855 g/mol. The second-order valence-electron chi connectivity index (χ2n) is 12.9. The molecule has 0 heterocycles. The number of halogens is 1. The number of rotatable bonds is 7. The Balaban J connectivity index is 0.000000138. The first-order valence-corrected chi connectivity index (χ1v) is 23.4. The van der Waals surface area contributed by atoms with Gasteiger partial charge in [-0.25, -0.2) is 0 Å². The molecule has 1 atom stereocenters. The molecule has 0 aliphatic heterocycles. The Labute approximate surface area is 344 Å². The SMILES string of the molecule is [Cl][Ru].c1ccc(P(c2ccccc2)c2ccccc2)cc1.c1ccc(P(c2ccccc2)c2ccccc2)cc1.c1ccc([C@@H]2CCc3ccccc32)cc1. The molecule has 55 heavy (non-hydrogen) atoms. The molecule has 8 aromatic carbocycles. The Morgan fingerprint density at radius 3 is 0.891 bits per heavy atom. The normalized spacial score (nSPS) is 12.5. The van der Waals surface area contributed by atoms with E-state index in [0.717, 1.165) is 0 Å². The molecule has 0 saturated heterocycles. The van der Waals surface area contributed by atoms with Crippen LogP contribution in [0.3, 0.4) is 0 Å². The van der Waals surface area contributed by atoms with Crippen LogP contribution in [0.25, 0.3) is 0 Å². The molecule has 273 valence electrons. The summed E-state index contributed by atoms with van der Waals surface area (Å²) in [6, 6.07) is 84.3. The largest absolute Gasteiger partial charge is 0.0622 e. The van der Waals surface area contributed by atoms with E-state index in [2.05, 4.69) is 246 Å². The predicted molar refractivity (Wildman–Crippen MR) is 239 cm³/mol. The van der Waals surface area contributed by atoms with Crippen molar-refractivity contribution in [1.29, 1.82) is 0 Å². The summed E-state index contributed by atoms with van der Waals surface area (Å²) in [5, 5.41) is 8.39. The van der Waals surface area contributed by atoms with Crippen molar-refractivity contribution in [1.82, 2.24) is 0 Å². The molecule has 0 bridgehead atoms. The first-order chi connectivity index (χ1) is 27.3. The molecule has 0 radical (unpaired) electrons. The Morgan fingerprint density at radius 2 is 0.582 bits per heavy atom. The van der Waals surface area contributed by atoms with E-state index in [9.17, 15) is 0 Å². The quantitative estimate of drug-likeness (QED) is 0.111. The summed E-state index contributed by atoms with van der Waals surface area (Å²) in [7, 11) is 3.68. The molecule has 0 spiro atoms. The van der Waals surface area contributed by atoms with E-state index >= 15 is 0 Å². The molecule has 0 unspecified atom stereocenters. The Kier molecular flexibility index (Phi) is 16.2. The van der Waals surface area contributed by atoms with Gasteiger partial charge in [-0.2, -0.15) is 0 Å². The van der Waals surface area contributed by atoms with Crippen LogP contribution in [0, 0.1) is 0 Å². The van der Waals surface area contributed by atoms with Gasteiger partial charge in [0, 0.05) is 5.92 Å². The zero-order valence-electron chi connectivity index (χ0n) is 30.6. The fourth-order valence-electron chi connectivity index (χ4n) is 6.95. The fraction of sp³-hybridized carbons (Fsp3) is 0.0588. The van der Waals surface area contributed by atoms with Gasteiger partial charge in [0.2, 0.25) is 0 Å². The molecule has 0 saturated carbocycles. The van der Waals surface area contributed by atoms with Gasteiger partial charge in [-0.3, -0.25) is 0 Å². The van der Waals surface area contributed by atoms with Crippen LogP contribution < -0.4 is 31.8 Å². The molecule has 4 heteroatoms. The molecular weight excluding hydrogens is 811 g/mol. The van der Waals surface area contributed by atoms with Gasteiger partial charge >= 0.3 is 27.0 Å². The maximum Gasteiger partial charge on any atom is 0.00952 e. The molecule has 0 N–H and O–H groups in total. The molecule has 1 aliphatic rings. The van der Waals surface area contributed by atoms with Crippen LogP contribution in [0.5, 0.6) is 0 Å². The summed E-state index contributed by atoms with van der Waals surface area (Å²) in [6.45, 7) is 0. The summed E-state index contributed by atoms with van der Waals surface area (Å²) >= 11 is 1.82. The fourth-order valence-corrected chi connectivity index (χ4v) is 11.6. The van der Waals surface area contributed by atoms with Crippen LogP contribution in [0.1, 0.15) is 29.0 Å². The van der Waals surface area contributed by atoms with E-state index in [1.807, 2.05) is 17.3 Å². The number of hydrogen-bond acceptors (Lipinski definition) is 0. The maximum absolute atomic E-state index is 4.57. The van der Waals surface area contributed by atoms with Crippen molar-refractivity contribution in [2.75, 3.05) is 0 Å². The Hall–Kier alpha value is -4.47. The van der Waals surface area contributed by atoms with Gasteiger partial charge in [0.05, 0.1) is 0 Å². The van der Waals surface area contributed by atoms with Crippen molar-refractivity contribution in [2.45, 2.75) is 18.8 Å².